The van der Waals surface area contributed by atoms with Crippen molar-refractivity contribution in [3.05, 3.63) is 23.5 Å². The highest BCUT2D eigenvalue weighted by Crippen LogP contribution is 2.27. The summed E-state index contributed by atoms with van der Waals surface area (Å²) in [5.74, 6) is 1.70. The first-order valence-corrected chi connectivity index (χ1v) is 6.03. The Kier molecular flexibility index (Phi) is 3.78. The number of hydrogen-bond acceptors (Lipinski definition) is 3. The monoisotopic (exact) mass is 220 g/mol. The molecule has 88 valence electrons. The van der Waals surface area contributed by atoms with Gasteiger partial charge in [0.05, 0.1) is 12.3 Å². The maximum atomic E-state index is 5.85. The molecular formula is C13H20N2O. The van der Waals surface area contributed by atoms with Crippen molar-refractivity contribution < 1.29 is 4.74 Å². The highest BCUT2D eigenvalue weighted by atomic mass is 16.5. The Labute approximate surface area is 97.2 Å². The van der Waals surface area contributed by atoms with Crippen LogP contribution in [0.5, 0.6) is 5.75 Å². The Hall–Kier alpha value is -1.09. The molecule has 3 nitrogen and oxygen atoms in total. The zero-order chi connectivity index (χ0) is 11.4. The van der Waals surface area contributed by atoms with E-state index in [1.807, 2.05) is 26.1 Å². The maximum Gasteiger partial charge on any atom is 0.142 e. The van der Waals surface area contributed by atoms with E-state index in [4.69, 9.17) is 4.74 Å². The van der Waals surface area contributed by atoms with Gasteiger partial charge in [0.1, 0.15) is 5.75 Å². The first-order chi connectivity index (χ1) is 7.79. The minimum Gasteiger partial charge on any atom is -0.491 e. The van der Waals surface area contributed by atoms with Crippen LogP contribution < -0.4 is 10.1 Å². The molecule has 0 bridgehead atoms. The minimum absolute atomic E-state index is 0.766. The van der Waals surface area contributed by atoms with Crippen LogP contribution in [0, 0.1) is 12.8 Å². The number of nitrogens with zero attached hydrogens (tertiary/aromatic N) is 1. The van der Waals surface area contributed by atoms with Gasteiger partial charge in [-0.25, -0.2) is 0 Å². The van der Waals surface area contributed by atoms with Crippen LogP contribution in [0.1, 0.15) is 30.7 Å². The van der Waals surface area contributed by atoms with Gasteiger partial charge in [-0.1, -0.05) is 6.42 Å². The molecule has 16 heavy (non-hydrogen) atoms. The summed E-state index contributed by atoms with van der Waals surface area (Å²) in [5.41, 5.74) is 2.06. The molecule has 1 N–H and O–H groups in total. The minimum atomic E-state index is 0.766. The van der Waals surface area contributed by atoms with Gasteiger partial charge in [-0.2, -0.15) is 0 Å². The van der Waals surface area contributed by atoms with Gasteiger partial charge in [0, 0.05) is 12.2 Å². The maximum absolute atomic E-state index is 5.85. The largest absolute Gasteiger partial charge is 0.491 e. The normalized spacial score (nSPS) is 15.9. The lowest BCUT2D eigenvalue weighted by Gasteiger charge is -2.25. The van der Waals surface area contributed by atoms with Crippen LogP contribution >= 0.6 is 0 Å². The summed E-state index contributed by atoms with van der Waals surface area (Å²) >= 11 is 0. The van der Waals surface area contributed by atoms with Crippen molar-refractivity contribution >= 4 is 0 Å². The summed E-state index contributed by atoms with van der Waals surface area (Å²) in [5, 5.41) is 3.12. The topological polar surface area (TPSA) is 34.2 Å². The molecule has 0 radical (unpaired) electrons. The smallest absolute Gasteiger partial charge is 0.142 e. The lowest BCUT2D eigenvalue weighted by Crippen LogP contribution is -2.20. The molecule has 0 spiro atoms. The van der Waals surface area contributed by atoms with E-state index in [1.54, 1.807) is 0 Å². The van der Waals surface area contributed by atoms with Crippen LogP contribution in [-0.4, -0.2) is 18.6 Å². The van der Waals surface area contributed by atoms with E-state index in [-0.39, 0.29) is 0 Å². The summed E-state index contributed by atoms with van der Waals surface area (Å²) in [7, 11) is 1.93. The van der Waals surface area contributed by atoms with Crippen LogP contribution in [0.15, 0.2) is 12.1 Å². The third-order valence-corrected chi connectivity index (χ3v) is 3.12. The van der Waals surface area contributed by atoms with Gasteiger partial charge in [-0.15, -0.1) is 0 Å². The Morgan fingerprint density at radius 1 is 1.44 bits per heavy atom. The fraction of sp³-hybridized carbons (Fsp3) is 0.615. The van der Waals surface area contributed by atoms with Gasteiger partial charge in [0.2, 0.25) is 0 Å². The first-order valence-electron chi connectivity index (χ1n) is 6.03. The molecule has 2 rings (SSSR count). The number of ether oxygens (including phenoxy) is 1. The SMILES string of the molecule is CNCc1nc(C)ccc1OCC1CCC1. The van der Waals surface area contributed by atoms with E-state index in [0.29, 0.717) is 0 Å². The lowest BCUT2D eigenvalue weighted by atomic mass is 9.86. The van der Waals surface area contributed by atoms with E-state index < -0.39 is 0 Å². The quantitative estimate of drug-likeness (QED) is 0.826. The zero-order valence-electron chi connectivity index (χ0n) is 10.1. The molecule has 0 aliphatic heterocycles. The highest BCUT2D eigenvalue weighted by Gasteiger charge is 2.18. The number of rotatable bonds is 5. The molecule has 1 fully saturated rings. The van der Waals surface area contributed by atoms with Crippen molar-refractivity contribution in [1.29, 1.82) is 0 Å². The van der Waals surface area contributed by atoms with Crippen molar-refractivity contribution in [2.45, 2.75) is 32.7 Å². The summed E-state index contributed by atoms with van der Waals surface area (Å²) in [4.78, 5) is 4.50. The van der Waals surface area contributed by atoms with E-state index in [0.717, 1.165) is 36.2 Å². The fourth-order valence-corrected chi connectivity index (χ4v) is 1.89. The van der Waals surface area contributed by atoms with Crippen molar-refractivity contribution in [3.63, 3.8) is 0 Å². The third kappa shape index (κ3) is 2.73. The second-order valence-electron chi connectivity index (χ2n) is 4.54. The fourth-order valence-electron chi connectivity index (χ4n) is 1.89. The Bertz CT molecular complexity index is 348. The number of aryl methyl sites for hydroxylation is 1. The van der Waals surface area contributed by atoms with Crippen molar-refractivity contribution in [3.8, 4) is 5.75 Å². The van der Waals surface area contributed by atoms with E-state index >= 15 is 0 Å². The van der Waals surface area contributed by atoms with E-state index in [9.17, 15) is 0 Å². The molecule has 1 aliphatic rings. The van der Waals surface area contributed by atoms with Crippen molar-refractivity contribution in [2.24, 2.45) is 5.92 Å². The molecule has 1 heterocycles. The molecule has 1 aromatic heterocycles. The molecule has 0 saturated heterocycles. The number of aromatic nitrogens is 1. The molecule has 0 unspecified atom stereocenters. The highest BCUT2D eigenvalue weighted by molar-refractivity contribution is 5.29. The molecular weight excluding hydrogens is 200 g/mol. The molecule has 1 aliphatic carbocycles. The molecule has 0 amide bonds. The van der Waals surface area contributed by atoms with Crippen LogP contribution in [0.4, 0.5) is 0 Å². The van der Waals surface area contributed by atoms with Gasteiger partial charge in [-0.3, -0.25) is 4.98 Å². The molecule has 0 aromatic carbocycles. The van der Waals surface area contributed by atoms with Gasteiger partial charge < -0.3 is 10.1 Å². The second kappa shape index (κ2) is 5.30. The summed E-state index contributed by atoms with van der Waals surface area (Å²) in [6.45, 7) is 3.62. The van der Waals surface area contributed by atoms with E-state index in [2.05, 4.69) is 10.3 Å². The van der Waals surface area contributed by atoms with Crippen molar-refractivity contribution in [1.82, 2.24) is 10.3 Å². The molecule has 1 saturated carbocycles. The average molecular weight is 220 g/mol. The van der Waals surface area contributed by atoms with Crippen LogP contribution in [0.3, 0.4) is 0 Å². The third-order valence-electron chi connectivity index (χ3n) is 3.12. The van der Waals surface area contributed by atoms with E-state index in [1.165, 1.54) is 19.3 Å². The van der Waals surface area contributed by atoms with Crippen molar-refractivity contribution in [2.75, 3.05) is 13.7 Å². The van der Waals surface area contributed by atoms with Gasteiger partial charge in [0.25, 0.3) is 0 Å². The predicted molar refractivity (Wildman–Crippen MR) is 64.6 cm³/mol. The Morgan fingerprint density at radius 3 is 2.88 bits per heavy atom. The zero-order valence-corrected chi connectivity index (χ0v) is 10.1. The number of hydrogen-bond donors (Lipinski definition) is 1. The standard InChI is InChI=1S/C13H20N2O/c1-10-6-7-13(12(15-10)8-14-2)16-9-11-4-3-5-11/h6-7,11,14H,3-5,8-9H2,1-2H3. The van der Waals surface area contributed by atoms with Crippen LogP contribution in [-0.2, 0) is 6.54 Å². The van der Waals surface area contributed by atoms with Crippen LogP contribution in [0.25, 0.3) is 0 Å². The average Bonchev–Trinajstić information content (AvgIpc) is 2.19. The number of pyridine rings is 1. The first kappa shape index (κ1) is 11.4. The summed E-state index contributed by atoms with van der Waals surface area (Å²) in [6.07, 6.45) is 4.00. The molecule has 3 heteroatoms. The molecule has 1 aromatic rings. The number of nitrogens with one attached hydrogen (secondary N) is 1. The van der Waals surface area contributed by atoms with Crippen LogP contribution in [0.2, 0.25) is 0 Å². The Balaban J connectivity index is 1.99. The van der Waals surface area contributed by atoms with Gasteiger partial charge >= 0.3 is 0 Å². The van der Waals surface area contributed by atoms with Gasteiger partial charge in [0.15, 0.2) is 0 Å². The summed E-state index contributed by atoms with van der Waals surface area (Å²) < 4.78 is 5.85. The Morgan fingerprint density at radius 2 is 2.25 bits per heavy atom. The lowest BCUT2D eigenvalue weighted by molar-refractivity contribution is 0.178. The predicted octanol–water partition coefficient (Wildman–Crippen LogP) is 2.29. The molecule has 0 atom stereocenters. The second-order valence-corrected chi connectivity index (χ2v) is 4.54. The summed E-state index contributed by atoms with van der Waals surface area (Å²) in [6, 6.07) is 4.04. The van der Waals surface area contributed by atoms with Gasteiger partial charge in [-0.05, 0) is 44.9 Å².